The summed E-state index contributed by atoms with van der Waals surface area (Å²) in [6.07, 6.45) is 4.53. The topological polar surface area (TPSA) is 77.5 Å². The number of rotatable bonds is 3. The van der Waals surface area contributed by atoms with E-state index in [9.17, 15) is 4.79 Å². The van der Waals surface area contributed by atoms with Crippen molar-refractivity contribution >= 4 is 11.6 Å². The Balaban J connectivity index is 1.82. The van der Waals surface area contributed by atoms with Crippen molar-refractivity contribution in [2.45, 2.75) is 25.3 Å². The lowest BCUT2D eigenvalue weighted by molar-refractivity contribution is 0.0929. The summed E-state index contributed by atoms with van der Waals surface area (Å²) in [6.45, 7) is 0. The Bertz CT molecular complexity index is 663. The number of nitrogens with one attached hydrogen (secondary N) is 1. The zero-order chi connectivity index (χ0) is 14.8. The maximum atomic E-state index is 12.5. The van der Waals surface area contributed by atoms with E-state index in [1.54, 1.807) is 24.5 Å². The highest BCUT2D eigenvalue weighted by Crippen LogP contribution is 2.31. The first-order valence-corrected chi connectivity index (χ1v) is 6.99. The highest BCUT2D eigenvalue weighted by Gasteiger charge is 2.25. The molecule has 0 saturated heterocycles. The van der Waals surface area contributed by atoms with Crippen LogP contribution in [0.2, 0.25) is 0 Å². The van der Waals surface area contributed by atoms with Crippen molar-refractivity contribution in [3.05, 3.63) is 47.4 Å². The third-order valence-electron chi connectivity index (χ3n) is 3.83. The van der Waals surface area contributed by atoms with E-state index in [1.807, 2.05) is 6.07 Å². The average Bonchev–Trinajstić information content (AvgIpc) is 2.96. The number of ether oxygens (including phenoxy) is 1. The number of fused-ring (bicyclic) bond motifs is 1. The van der Waals surface area contributed by atoms with E-state index in [0.29, 0.717) is 17.0 Å². The van der Waals surface area contributed by atoms with Crippen LogP contribution in [0.25, 0.3) is 0 Å². The molecule has 1 heterocycles. The van der Waals surface area contributed by atoms with E-state index in [4.69, 9.17) is 14.9 Å². The van der Waals surface area contributed by atoms with Gasteiger partial charge in [0, 0.05) is 23.7 Å². The van der Waals surface area contributed by atoms with Gasteiger partial charge < -0.3 is 20.2 Å². The summed E-state index contributed by atoms with van der Waals surface area (Å²) in [5.74, 6) is 1.29. The van der Waals surface area contributed by atoms with Crippen molar-refractivity contribution in [1.82, 2.24) is 5.32 Å². The van der Waals surface area contributed by atoms with Gasteiger partial charge in [-0.3, -0.25) is 4.79 Å². The maximum Gasteiger partial charge on any atom is 0.255 e. The molecule has 3 rings (SSSR count). The molecule has 110 valence electrons. The molecule has 0 spiro atoms. The molecule has 0 saturated carbocycles. The highest BCUT2D eigenvalue weighted by molar-refractivity contribution is 5.97. The van der Waals surface area contributed by atoms with Gasteiger partial charge in [-0.2, -0.15) is 0 Å². The molecule has 0 aliphatic heterocycles. The fourth-order valence-electron chi connectivity index (χ4n) is 2.77. The Hall–Kier alpha value is -2.43. The van der Waals surface area contributed by atoms with Crippen molar-refractivity contribution in [2.24, 2.45) is 0 Å². The fraction of sp³-hybridized carbons (Fsp3) is 0.312. The van der Waals surface area contributed by atoms with Crippen LogP contribution in [0.5, 0.6) is 5.75 Å². The molecule has 1 aromatic heterocycles. The number of carbonyl (C=O) groups is 1. The summed E-state index contributed by atoms with van der Waals surface area (Å²) in [4.78, 5) is 12.5. The smallest absolute Gasteiger partial charge is 0.255 e. The molecule has 21 heavy (non-hydrogen) atoms. The number of hydrogen-bond donors (Lipinski definition) is 2. The number of methoxy groups -OCH3 is 1. The Morgan fingerprint density at radius 2 is 2.29 bits per heavy atom. The highest BCUT2D eigenvalue weighted by atomic mass is 16.5. The van der Waals surface area contributed by atoms with E-state index < -0.39 is 0 Å². The van der Waals surface area contributed by atoms with Gasteiger partial charge in [-0.05, 0) is 31.0 Å². The third kappa shape index (κ3) is 2.59. The third-order valence-corrected chi connectivity index (χ3v) is 3.83. The number of aryl methyl sites for hydroxylation is 1. The molecular formula is C16H18N2O3. The second kappa shape index (κ2) is 5.52. The minimum absolute atomic E-state index is 0.0118. The van der Waals surface area contributed by atoms with E-state index in [2.05, 4.69) is 5.32 Å². The van der Waals surface area contributed by atoms with Crippen LogP contribution < -0.4 is 15.8 Å². The number of nitrogen functional groups attached to an aromatic ring is 1. The van der Waals surface area contributed by atoms with E-state index in [1.165, 1.54) is 7.11 Å². The molecule has 0 bridgehead atoms. The first kappa shape index (κ1) is 13.5. The van der Waals surface area contributed by atoms with Crippen molar-refractivity contribution in [2.75, 3.05) is 12.8 Å². The van der Waals surface area contributed by atoms with Crippen molar-refractivity contribution < 1.29 is 13.9 Å². The second-order valence-corrected chi connectivity index (χ2v) is 5.18. The predicted molar refractivity (Wildman–Crippen MR) is 79.3 cm³/mol. The van der Waals surface area contributed by atoms with Crippen molar-refractivity contribution in [1.29, 1.82) is 0 Å². The van der Waals surface area contributed by atoms with Crippen molar-refractivity contribution in [3.8, 4) is 5.75 Å². The Morgan fingerprint density at radius 1 is 1.43 bits per heavy atom. The zero-order valence-corrected chi connectivity index (χ0v) is 11.9. The maximum absolute atomic E-state index is 12.5. The number of amides is 1. The summed E-state index contributed by atoms with van der Waals surface area (Å²) < 4.78 is 10.7. The summed E-state index contributed by atoms with van der Waals surface area (Å²) in [7, 11) is 1.53. The van der Waals surface area contributed by atoms with Gasteiger partial charge >= 0.3 is 0 Å². The van der Waals surface area contributed by atoms with E-state index in [0.717, 1.165) is 30.6 Å². The number of hydrogen-bond acceptors (Lipinski definition) is 4. The van der Waals surface area contributed by atoms with Gasteiger partial charge in [0.2, 0.25) is 0 Å². The molecule has 1 aliphatic carbocycles. The molecule has 1 unspecified atom stereocenters. The first-order valence-electron chi connectivity index (χ1n) is 6.99. The van der Waals surface area contributed by atoms with Gasteiger partial charge in [-0.1, -0.05) is 0 Å². The molecule has 3 N–H and O–H groups in total. The van der Waals surface area contributed by atoms with Gasteiger partial charge in [-0.25, -0.2) is 0 Å². The zero-order valence-electron chi connectivity index (χ0n) is 11.9. The van der Waals surface area contributed by atoms with Crippen LogP contribution in [0.15, 0.2) is 34.9 Å². The van der Waals surface area contributed by atoms with Gasteiger partial charge in [-0.15, -0.1) is 0 Å². The number of furan rings is 1. The molecule has 5 heteroatoms. The van der Waals surface area contributed by atoms with Crippen LogP contribution in [0, 0.1) is 0 Å². The summed E-state index contributed by atoms with van der Waals surface area (Å²) in [6, 6.07) is 6.95. The van der Waals surface area contributed by atoms with Crippen LogP contribution in [0.4, 0.5) is 5.69 Å². The van der Waals surface area contributed by atoms with Gasteiger partial charge in [0.1, 0.15) is 11.5 Å². The number of anilines is 1. The van der Waals surface area contributed by atoms with Crippen LogP contribution in [-0.4, -0.2) is 13.0 Å². The van der Waals surface area contributed by atoms with Gasteiger partial charge in [0.05, 0.1) is 25.0 Å². The van der Waals surface area contributed by atoms with Gasteiger partial charge in [0.25, 0.3) is 5.91 Å². The molecule has 0 radical (unpaired) electrons. The van der Waals surface area contributed by atoms with Crippen LogP contribution in [-0.2, 0) is 6.42 Å². The average molecular weight is 286 g/mol. The second-order valence-electron chi connectivity index (χ2n) is 5.18. The standard InChI is InChI=1S/C16H18N2O3/c1-20-15-9-10(17)5-6-12(15)16(19)18-13-3-2-4-14-11(13)7-8-21-14/h5-9,13H,2-4,17H2,1H3,(H,18,19). The monoisotopic (exact) mass is 286 g/mol. The molecule has 2 aromatic rings. The van der Waals surface area contributed by atoms with Crippen LogP contribution in [0.3, 0.4) is 0 Å². The quantitative estimate of drug-likeness (QED) is 0.850. The minimum atomic E-state index is -0.161. The number of nitrogens with two attached hydrogens (primary N) is 1. The van der Waals surface area contributed by atoms with E-state index in [-0.39, 0.29) is 11.9 Å². The lowest BCUT2D eigenvalue weighted by Gasteiger charge is -2.23. The SMILES string of the molecule is COc1cc(N)ccc1C(=O)NC1CCCc2occc21. The molecule has 5 nitrogen and oxygen atoms in total. The largest absolute Gasteiger partial charge is 0.496 e. The molecule has 1 aliphatic rings. The molecular weight excluding hydrogens is 268 g/mol. The number of carbonyl (C=O) groups excluding carboxylic acids is 1. The lowest BCUT2D eigenvalue weighted by atomic mass is 9.93. The normalized spacial score (nSPS) is 17.1. The van der Waals surface area contributed by atoms with Crippen LogP contribution in [0.1, 0.15) is 40.6 Å². The Kier molecular flexibility index (Phi) is 3.56. The lowest BCUT2D eigenvalue weighted by Crippen LogP contribution is -2.30. The first-order chi connectivity index (χ1) is 10.2. The predicted octanol–water partition coefficient (Wildman–Crippen LogP) is 2.68. The fourth-order valence-corrected chi connectivity index (χ4v) is 2.77. The van der Waals surface area contributed by atoms with Gasteiger partial charge in [0.15, 0.2) is 0 Å². The minimum Gasteiger partial charge on any atom is -0.496 e. The molecule has 1 atom stereocenters. The summed E-state index contributed by atoms with van der Waals surface area (Å²) >= 11 is 0. The number of benzene rings is 1. The summed E-state index contributed by atoms with van der Waals surface area (Å²) in [5, 5.41) is 3.05. The summed E-state index contributed by atoms with van der Waals surface area (Å²) in [5.41, 5.74) is 7.84. The van der Waals surface area contributed by atoms with Crippen molar-refractivity contribution in [3.63, 3.8) is 0 Å². The van der Waals surface area contributed by atoms with E-state index >= 15 is 0 Å². The van der Waals surface area contributed by atoms with Crippen LogP contribution >= 0.6 is 0 Å². The Morgan fingerprint density at radius 3 is 3.10 bits per heavy atom. The molecule has 0 fully saturated rings. The molecule has 1 aromatic carbocycles. The Labute approximate surface area is 123 Å². The molecule has 1 amide bonds.